The number of para-hydroxylation sites is 2. The maximum Gasteiger partial charge on any atom is 0.123 e. The normalized spacial score (nSPS) is 11.7. The van der Waals surface area contributed by atoms with Crippen LogP contribution >= 0.6 is 11.3 Å². The fraction of sp³-hybridized carbons (Fsp3) is 0.145. The number of pyridine rings is 2. The van der Waals surface area contributed by atoms with Gasteiger partial charge in [0, 0.05) is 48.5 Å². The molecule has 0 aliphatic heterocycles. The Morgan fingerprint density at radius 2 is 1.44 bits per heavy atom. The third kappa shape index (κ3) is 8.87. The topological polar surface area (TPSA) is 43.6 Å². The van der Waals surface area contributed by atoms with Crippen LogP contribution in [-0.4, -0.2) is 27.6 Å². The van der Waals surface area contributed by atoms with Crippen molar-refractivity contribution in [2.24, 2.45) is 0 Å². The van der Waals surface area contributed by atoms with Crippen LogP contribution in [0.4, 0.5) is 4.39 Å². The summed E-state index contributed by atoms with van der Waals surface area (Å²) in [5, 5.41) is 3.66. The van der Waals surface area contributed by atoms with E-state index in [2.05, 4.69) is 160 Å². The zero-order valence-corrected chi connectivity index (χ0v) is 40.6. The van der Waals surface area contributed by atoms with Crippen LogP contribution in [0.25, 0.3) is 82.1 Å². The van der Waals surface area contributed by atoms with Crippen molar-refractivity contribution < 1.29 is 24.5 Å². The van der Waals surface area contributed by atoms with Crippen LogP contribution in [0.1, 0.15) is 31.9 Å². The molecule has 0 N–H and O–H groups in total. The van der Waals surface area contributed by atoms with Gasteiger partial charge in [-0.2, -0.15) is 11.3 Å². The summed E-state index contributed by atoms with van der Waals surface area (Å²) in [7, 11) is -1.23. The van der Waals surface area contributed by atoms with E-state index in [0.717, 1.165) is 87.6 Å². The minimum absolute atomic E-state index is 0. The van der Waals surface area contributed by atoms with E-state index in [-0.39, 0.29) is 31.3 Å². The Labute approximate surface area is 387 Å². The number of halogens is 1. The molecular formula is C55H47FIrN4SSi-2. The molecule has 0 atom stereocenters. The molecule has 4 heterocycles. The Hall–Kier alpha value is -5.89. The van der Waals surface area contributed by atoms with Crippen molar-refractivity contribution in [1.82, 2.24) is 19.5 Å². The largest absolute Gasteiger partial charge is 0.333 e. The molecule has 4 aromatic heterocycles. The first-order valence-corrected chi connectivity index (χ1v) is 25.3. The molecule has 1 radical (unpaired) electrons. The van der Waals surface area contributed by atoms with E-state index >= 15 is 0 Å². The standard InChI is InChI=1S/C41H31FN3S.C14H16NSi.Ir/c1-25-14-20-31(38-37(25)30-21-22-33(44-40(30)46-38)27-15-18-29(42)19-16-27)39-43-34-12-8-9-13-36(34)45(39)35-23-17-28(41(2,3)4)24-32(35)26-10-6-5-7-11-26;1-16(2,3)13-9-10-14(15-11-13)12-7-5-4-6-8-12;/h5-19,21-24H,1-4H3;4-7,9-11H,1-3H3;/q2*-1;. The Morgan fingerprint density at radius 1 is 0.714 bits per heavy atom. The van der Waals surface area contributed by atoms with E-state index in [0.29, 0.717) is 0 Å². The third-order valence-corrected chi connectivity index (χ3v) is 14.5. The summed E-state index contributed by atoms with van der Waals surface area (Å²) in [6, 6.07) is 57.6. The molecule has 315 valence electrons. The quantitative estimate of drug-likeness (QED) is 0.123. The van der Waals surface area contributed by atoms with Gasteiger partial charge in [-0.1, -0.05) is 125 Å². The minimum Gasteiger partial charge on any atom is -0.333 e. The number of aryl methyl sites for hydroxylation is 1. The molecule has 0 spiro atoms. The molecule has 0 saturated carbocycles. The van der Waals surface area contributed by atoms with E-state index in [4.69, 9.17) is 9.97 Å². The van der Waals surface area contributed by atoms with Crippen molar-refractivity contribution >= 4 is 55.9 Å². The van der Waals surface area contributed by atoms with Gasteiger partial charge < -0.3 is 9.55 Å². The third-order valence-electron chi connectivity index (χ3n) is 11.3. The smallest absolute Gasteiger partial charge is 0.123 e. The molecule has 10 rings (SSSR count). The van der Waals surface area contributed by atoms with Crippen molar-refractivity contribution in [1.29, 1.82) is 0 Å². The second kappa shape index (κ2) is 17.7. The number of benzene rings is 6. The number of rotatable bonds is 6. The average molecular weight is 1040 g/mol. The number of imidazole rings is 1. The van der Waals surface area contributed by atoms with Crippen molar-refractivity contribution in [2.45, 2.75) is 52.8 Å². The second-order valence-electron chi connectivity index (χ2n) is 17.8. The van der Waals surface area contributed by atoms with Gasteiger partial charge in [0.15, 0.2) is 0 Å². The molecule has 10 aromatic rings. The molecule has 8 heteroatoms. The molecule has 6 aromatic carbocycles. The van der Waals surface area contributed by atoms with Gasteiger partial charge in [0.25, 0.3) is 0 Å². The zero-order valence-electron chi connectivity index (χ0n) is 36.4. The molecule has 0 bridgehead atoms. The minimum atomic E-state index is -1.23. The molecule has 0 fully saturated rings. The first-order chi connectivity index (χ1) is 29.8. The van der Waals surface area contributed by atoms with Crippen molar-refractivity contribution in [3.8, 4) is 50.7 Å². The first kappa shape index (κ1) is 43.7. The summed E-state index contributed by atoms with van der Waals surface area (Å²) in [4.78, 5) is 15.8. The maximum absolute atomic E-state index is 13.6. The van der Waals surface area contributed by atoms with E-state index in [1.54, 1.807) is 23.5 Å². The fourth-order valence-electron chi connectivity index (χ4n) is 7.85. The van der Waals surface area contributed by atoms with Crippen LogP contribution in [0.3, 0.4) is 0 Å². The van der Waals surface area contributed by atoms with Gasteiger partial charge in [-0.3, -0.25) is 4.98 Å². The fourth-order valence-corrected chi connectivity index (χ4v) is 10.1. The van der Waals surface area contributed by atoms with Gasteiger partial charge in [0.1, 0.15) is 10.6 Å². The van der Waals surface area contributed by atoms with Crippen LogP contribution < -0.4 is 5.19 Å². The van der Waals surface area contributed by atoms with Gasteiger partial charge >= 0.3 is 0 Å². The van der Waals surface area contributed by atoms with Crippen LogP contribution in [0, 0.1) is 24.9 Å². The number of thiophene rings is 1. The van der Waals surface area contributed by atoms with E-state index < -0.39 is 8.07 Å². The second-order valence-corrected chi connectivity index (χ2v) is 23.9. The Kier molecular flexibility index (Phi) is 12.3. The van der Waals surface area contributed by atoms with Gasteiger partial charge in [-0.25, -0.2) is 9.37 Å². The Morgan fingerprint density at radius 3 is 2.14 bits per heavy atom. The van der Waals surface area contributed by atoms with Crippen LogP contribution in [0.15, 0.2) is 158 Å². The number of hydrogen-bond donors (Lipinski definition) is 0. The van der Waals surface area contributed by atoms with E-state index in [1.165, 1.54) is 22.9 Å². The Bertz CT molecular complexity index is 3200. The van der Waals surface area contributed by atoms with Crippen LogP contribution in [0.5, 0.6) is 0 Å². The molecule has 0 aliphatic carbocycles. The number of fused-ring (bicyclic) bond motifs is 4. The molecule has 63 heavy (non-hydrogen) atoms. The molecule has 0 unspecified atom stereocenters. The van der Waals surface area contributed by atoms with Gasteiger partial charge in [-0.05, 0) is 86.7 Å². The summed E-state index contributed by atoms with van der Waals surface area (Å²) in [5.74, 6) is 0.589. The predicted octanol–water partition coefficient (Wildman–Crippen LogP) is 14.4. The molecule has 0 saturated heterocycles. The molecular weight excluding hydrogens is 988 g/mol. The summed E-state index contributed by atoms with van der Waals surface area (Å²) in [6.45, 7) is 15.9. The zero-order chi connectivity index (χ0) is 43.2. The van der Waals surface area contributed by atoms with Gasteiger partial charge in [-0.15, -0.1) is 53.6 Å². The number of hydrogen-bond acceptors (Lipinski definition) is 4. The van der Waals surface area contributed by atoms with Gasteiger partial charge in [0.05, 0.1) is 30.6 Å². The predicted molar refractivity (Wildman–Crippen MR) is 262 cm³/mol. The maximum atomic E-state index is 13.6. The first-order valence-electron chi connectivity index (χ1n) is 21.0. The van der Waals surface area contributed by atoms with Crippen molar-refractivity contribution in [3.63, 3.8) is 0 Å². The van der Waals surface area contributed by atoms with Crippen molar-refractivity contribution in [3.05, 3.63) is 187 Å². The van der Waals surface area contributed by atoms with E-state index in [1.807, 2.05) is 42.6 Å². The number of aromatic nitrogens is 4. The molecule has 0 aliphatic rings. The summed E-state index contributed by atoms with van der Waals surface area (Å²) in [5.41, 5.74) is 12.5. The van der Waals surface area contributed by atoms with Crippen molar-refractivity contribution in [2.75, 3.05) is 0 Å². The average Bonchev–Trinajstić information content (AvgIpc) is 3.86. The molecule has 4 nitrogen and oxygen atoms in total. The SMILES string of the molecule is C[Si](C)(C)c1ccc(-c2[c-]cccc2)nc1.Cc1c[c-]c(-c2nc3ccccc3n2-c2ccc(C(C)(C)C)cc2-c2ccccc2)c2sc3nc(-c4ccc(F)cc4)ccc3c12.[Ir]. The summed E-state index contributed by atoms with van der Waals surface area (Å²) in [6.07, 6.45) is 2.02. The monoisotopic (exact) mass is 1040 g/mol. The summed E-state index contributed by atoms with van der Waals surface area (Å²) >= 11 is 1.66. The molecule has 0 amide bonds. The van der Waals surface area contributed by atoms with Crippen LogP contribution in [0.2, 0.25) is 19.6 Å². The van der Waals surface area contributed by atoms with Crippen LogP contribution in [-0.2, 0) is 25.5 Å². The van der Waals surface area contributed by atoms with E-state index in [9.17, 15) is 4.39 Å². The number of nitrogens with zero attached hydrogens (tertiary/aromatic N) is 4. The van der Waals surface area contributed by atoms with Gasteiger partial charge in [0.2, 0.25) is 0 Å². The Balaban J connectivity index is 0.000000271. The summed E-state index contributed by atoms with van der Waals surface area (Å²) < 4.78 is 17.0.